The Labute approximate surface area is 266 Å². The predicted octanol–water partition coefficient (Wildman–Crippen LogP) is 6.39. The van der Waals surface area contributed by atoms with E-state index < -0.39 is 0 Å². The van der Waals surface area contributed by atoms with E-state index in [9.17, 15) is 9.59 Å². The molecule has 0 unspecified atom stereocenters. The average Bonchev–Trinajstić information content (AvgIpc) is 2.95. The van der Waals surface area contributed by atoms with Crippen LogP contribution in [0.3, 0.4) is 0 Å². The van der Waals surface area contributed by atoms with E-state index in [0.717, 1.165) is 0 Å². The largest absolute Gasteiger partial charge is 2.00 e. The van der Waals surface area contributed by atoms with Gasteiger partial charge in [0.2, 0.25) is 0 Å². The molecule has 8 nitrogen and oxygen atoms in total. The molecular weight excluding hydrogens is 653 g/mol. The van der Waals surface area contributed by atoms with E-state index in [1.165, 1.54) is 24.6 Å². The molecule has 0 fully saturated rings. The van der Waals surface area contributed by atoms with Crippen LogP contribution in [-0.2, 0) is 17.1 Å². The van der Waals surface area contributed by atoms with Crippen LogP contribution in [0.5, 0.6) is 11.5 Å². The SMILES string of the molecule is O=C(NN=Cc1cc(Cl)cc(Cl)c1[OH2+])c1ccccc1.O=C(NN=Cc1cc(Cl)cc(Cl)c1[OH2+])c1ccccc1.[Mn+2]. The van der Waals surface area contributed by atoms with Crippen molar-refractivity contribution in [2.24, 2.45) is 10.2 Å². The Balaban J connectivity index is 0.000000280. The molecule has 0 aliphatic heterocycles. The molecule has 4 aromatic rings. The van der Waals surface area contributed by atoms with Crippen LogP contribution in [0.1, 0.15) is 31.8 Å². The van der Waals surface area contributed by atoms with Gasteiger partial charge in [-0.25, -0.2) is 10.9 Å². The standard InChI is InChI=1S/2C14H10Cl2N2O2.Mn/c2*15-11-6-10(13(19)12(16)7-11)8-17-18-14(20)9-4-2-1-3-5-9;/h2*1-8,19H,(H,18,20);/q;;+2/p+2. The molecule has 209 valence electrons. The van der Waals surface area contributed by atoms with Crippen LogP contribution in [0, 0.1) is 0 Å². The summed E-state index contributed by atoms with van der Waals surface area (Å²) in [6.45, 7) is 0. The molecule has 6 N–H and O–H groups in total. The normalized spacial score (nSPS) is 10.4. The molecule has 0 aliphatic rings. The van der Waals surface area contributed by atoms with E-state index in [1.54, 1.807) is 60.7 Å². The van der Waals surface area contributed by atoms with Crippen LogP contribution in [0.15, 0.2) is 95.1 Å². The van der Waals surface area contributed by atoms with E-state index in [1.807, 2.05) is 12.1 Å². The summed E-state index contributed by atoms with van der Waals surface area (Å²) in [5, 5.41) is 24.4. The minimum Gasteiger partial charge on any atom is -0.592 e. The maximum absolute atomic E-state index is 11.7. The Morgan fingerprint density at radius 1 is 0.610 bits per heavy atom. The Morgan fingerprint density at radius 2 is 0.951 bits per heavy atom. The van der Waals surface area contributed by atoms with Gasteiger partial charge >= 0.3 is 17.1 Å². The third-order valence-electron chi connectivity index (χ3n) is 4.98. The van der Waals surface area contributed by atoms with E-state index in [-0.39, 0.29) is 50.4 Å². The van der Waals surface area contributed by atoms with Crippen LogP contribution in [0.2, 0.25) is 20.1 Å². The van der Waals surface area contributed by atoms with Gasteiger partial charge in [0.1, 0.15) is 10.0 Å². The zero-order chi connectivity index (χ0) is 29.1. The van der Waals surface area contributed by atoms with Crippen molar-refractivity contribution in [3.8, 4) is 11.5 Å². The number of hydrogen-bond acceptors (Lipinski definition) is 4. The zero-order valence-corrected chi connectivity index (χ0v) is 25.0. The minimum absolute atomic E-state index is 0. The second-order valence-electron chi connectivity index (χ2n) is 7.83. The van der Waals surface area contributed by atoms with Crippen molar-refractivity contribution >= 4 is 70.6 Å². The number of nitrogens with zero attached hydrogens (tertiary/aromatic N) is 2. The first kappa shape index (κ1) is 33.6. The summed E-state index contributed by atoms with van der Waals surface area (Å²) < 4.78 is 0. The molecule has 0 saturated heterocycles. The molecule has 4 rings (SSSR count). The van der Waals surface area contributed by atoms with Crippen LogP contribution >= 0.6 is 46.4 Å². The summed E-state index contributed by atoms with van der Waals surface area (Å²) in [6.07, 6.45) is 2.67. The number of carbonyl (C=O) groups is 2. The molecule has 13 heteroatoms. The fraction of sp³-hybridized carbons (Fsp3) is 0. The molecule has 0 spiro atoms. The summed E-state index contributed by atoms with van der Waals surface area (Å²) in [7, 11) is 0. The summed E-state index contributed by atoms with van der Waals surface area (Å²) in [5.74, 6) is -0.453. The monoisotopic (exact) mass is 673 g/mol. The summed E-state index contributed by atoms with van der Waals surface area (Å²) in [4.78, 5) is 23.5. The summed E-state index contributed by atoms with van der Waals surface area (Å²) in [5.41, 5.74) is 6.60. The van der Waals surface area contributed by atoms with Gasteiger partial charge in [-0.2, -0.15) is 10.2 Å². The van der Waals surface area contributed by atoms with Gasteiger partial charge < -0.3 is 10.2 Å². The van der Waals surface area contributed by atoms with Gasteiger partial charge in [0, 0.05) is 21.2 Å². The number of rotatable bonds is 6. The quantitative estimate of drug-likeness (QED) is 0.106. The first-order chi connectivity index (χ1) is 19.2. The van der Waals surface area contributed by atoms with Gasteiger partial charge in [-0.1, -0.05) is 82.8 Å². The Bertz CT molecular complexity index is 1440. The van der Waals surface area contributed by atoms with E-state index in [4.69, 9.17) is 56.6 Å². The zero-order valence-electron chi connectivity index (χ0n) is 20.8. The summed E-state index contributed by atoms with van der Waals surface area (Å²) >= 11 is 23.4. The number of amides is 2. The number of carbonyl (C=O) groups excluding carboxylic acids is 2. The number of nitrogens with one attached hydrogen (secondary N) is 2. The van der Waals surface area contributed by atoms with Crippen molar-refractivity contribution < 1.29 is 36.9 Å². The van der Waals surface area contributed by atoms with Crippen molar-refractivity contribution in [2.45, 2.75) is 0 Å². The first-order valence-corrected chi connectivity index (χ1v) is 12.8. The van der Waals surface area contributed by atoms with Crippen molar-refractivity contribution in [2.75, 3.05) is 0 Å². The van der Waals surface area contributed by atoms with Gasteiger partial charge in [0.05, 0.1) is 23.6 Å². The second-order valence-corrected chi connectivity index (χ2v) is 9.52. The van der Waals surface area contributed by atoms with E-state index in [0.29, 0.717) is 32.3 Å². The number of benzene rings is 4. The van der Waals surface area contributed by atoms with Gasteiger partial charge in [-0.3, -0.25) is 9.59 Å². The van der Waals surface area contributed by atoms with Crippen LogP contribution in [0.4, 0.5) is 0 Å². The topological polar surface area (TPSA) is 129 Å². The molecule has 41 heavy (non-hydrogen) atoms. The molecular formula is C28H22Cl4MnN4O4+4. The van der Waals surface area contributed by atoms with Gasteiger partial charge in [0.15, 0.2) is 0 Å². The second kappa shape index (κ2) is 16.6. The van der Waals surface area contributed by atoms with Crippen molar-refractivity contribution in [1.29, 1.82) is 0 Å². The number of hydrogen-bond donors (Lipinski definition) is 2. The smallest absolute Gasteiger partial charge is 0.592 e. The van der Waals surface area contributed by atoms with E-state index >= 15 is 0 Å². The molecule has 0 aliphatic carbocycles. The maximum atomic E-state index is 11.7. The third kappa shape index (κ3) is 10.4. The molecule has 4 aromatic carbocycles. The Morgan fingerprint density at radius 3 is 1.29 bits per heavy atom. The van der Waals surface area contributed by atoms with Crippen LogP contribution in [-0.4, -0.2) is 34.5 Å². The molecule has 1 radical (unpaired) electrons. The predicted molar refractivity (Wildman–Crippen MR) is 162 cm³/mol. The fourth-order valence-electron chi connectivity index (χ4n) is 3.02. The molecule has 0 bridgehead atoms. The third-order valence-corrected chi connectivity index (χ3v) is 6.02. The van der Waals surface area contributed by atoms with Crippen molar-refractivity contribution in [1.82, 2.24) is 10.9 Å². The molecule has 0 atom stereocenters. The number of halogens is 4. The van der Waals surface area contributed by atoms with Gasteiger partial charge in [-0.05, 0) is 48.5 Å². The summed E-state index contributed by atoms with van der Waals surface area (Å²) in [6, 6.07) is 23.4. The number of hydrazone groups is 2. The molecule has 0 heterocycles. The molecule has 0 aromatic heterocycles. The minimum atomic E-state index is -0.332. The Kier molecular flexibility index (Phi) is 13.7. The molecule has 2 amide bonds. The van der Waals surface area contributed by atoms with E-state index in [2.05, 4.69) is 21.1 Å². The molecule has 0 saturated carbocycles. The van der Waals surface area contributed by atoms with Crippen LogP contribution in [0.25, 0.3) is 0 Å². The first-order valence-electron chi connectivity index (χ1n) is 11.3. The maximum Gasteiger partial charge on any atom is 2.00 e. The fourth-order valence-corrected chi connectivity index (χ4v) is 4.04. The van der Waals surface area contributed by atoms with Crippen LogP contribution < -0.4 is 10.9 Å². The van der Waals surface area contributed by atoms with Gasteiger partial charge in [0.25, 0.3) is 23.3 Å². The van der Waals surface area contributed by atoms with Gasteiger partial charge in [-0.15, -0.1) is 0 Å². The Hall–Kier alpha value is -3.56. The van der Waals surface area contributed by atoms with Crippen molar-refractivity contribution in [3.63, 3.8) is 0 Å². The average molecular weight is 675 g/mol. The van der Waals surface area contributed by atoms with Crippen molar-refractivity contribution in [3.05, 3.63) is 127 Å².